The summed E-state index contributed by atoms with van der Waals surface area (Å²) in [6, 6.07) is 6.82. The van der Waals surface area contributed by atoms with Crippen LogP contribution in [-0.4, -0.2) is 57.1 Å². The molecule has 2 aliphatic rings. The normalized spacial score (nSPS) is 18.3. The van der Waals surface area contributed by atoms with Gasteiger partial charge in [0.1, 0.15) is 17.5 Å². The number of imidazole rings is 1. The smallest absolute Gasteiger partial charge is 0.133 e. The summed E-state index contributed by atoms with van der Waals surface area (Å²) in [4.78, 5) is 18.3. The number of aromatic nitrogens is 4. The van der Waals surface area contributed by atoms with Crippen molar-refractivity contribution in [2.24, 2.45) is 0 Å². The predicted octanol–water partition coefficient (Wildman–Crippen LogP) is 2.67. The molecule has 27 heavy (non-hydrogen) atoms. The monoisotopic (exact) mass is 366 g/mol. The second-order valence-corrected chi connectivity index (χ2v) is 7.45. The van der Waals surface area contributed by atoms with E-state index in [-0.39, 0.29) is 5.82 Å². The van der Waals surface area contributed by atoms with Crippen LogP contribution in [0.4, 0.5) is 10.2 Å². The van der Waals surface area contributed by atoms with Gasteiger partial charge in [-0.3, -0.25) is 4.90 Å². The molecule has 1 aliphatic heterocycles. The van der Waals surface area contributed by atoms with Crippen molar-refractivity contribution < 1.29 is 4.39 Å². The van der Waals surface area contributed by atoms with E-state index in [0.29, 0.717) is 5.92 Å². The maximum absolute atomic E-state index is 13.3. The number of hydrogen-bond acceptors (Lipinski definition) is 5. The fraction of sp³-hybridized carbons (Fsp3) is 0.450. The minimum absolute atomic E-state index is 0.238. The van der Waals surface area contributed by atoms with Gasteiger partial charge < -0.3 is 9.47 Å². The van der Waals surface area contributed by atoms with Crippen LogP contribution in [0.2, 0.25) is 0 Å². The molecule has 1 aromatic carbocycles. The lowest BCUT2D eigenvalue weighted by Crippen LogP contribution is -2.47. The Labute approximate surface area is 157 Å². The second kappa shape index (κ2) is 6.88. The van der Waals surface area contributed by atoms with Gasteiger partial charge in [-0.25, -0.2) is 19.3 Å². The first-order chi connectivity index (χ1) is 13.3. The minimum atomic E-state index is -0.238. The van der Waals surface area contributed by atoms with Gasteiger partial charge in [0.15, 0.2) is 0 Å². The van der Waals surface area contributed by atoms with Gasteiger partial charge in [0.25, 0.3) is 0 Å². The molecule has 0 unspecified atom stereocenters. The van der Waals surface area contributed by atoms with Crippen LogP contribution >= 0.6 is 0 Å². The average Bonchev–Trinajstić information content (AvgIpc) is 3.48. The van der Waals surface area contributed by atoms with Crippen LogP contribution in [-0.2, 0) is 6.54 Å². The molecule has 0 atom stereocenters. The van der Waals surface area contributed by atoms with Gasteiger partial charge in [-0.1, -0.05) is 0 Å². The lowest BCUT2D eigenvalue weighted by molar-refractivity contribution is 0.248. The third-order valence-corrected chi connectivity index (χ3v) is 5.54. The van der Waals surface area contributed by atoms with E-state index in [0.717, 1.165) is 61.9 Å². The summed E-state index contributed by atoms with van der Waals surface area (Å²) in [6.45, 7) is 5.83. The molecule has 1 saturated heterocycles. The molecule has 140 valence electrons. The zero-order chi connectivity index (χ0) is 18.2. The molecular formula is C20H23FN6. The zero-order valence-electron chi connectivity index (χ0n) is 15.3. The number of hydrogen-bond donors (Lipinski definition) is 0. The van der Waals surface area contributed by atoms with E-state index in [9.17, 15) is 4.39 Å². The highest BCUT2D eigenvalue weighted by Crippen LogP contribution is 2.38. The minimum Gasteiger partial charge on any atom is -0.354 e. The Morgan fingerprint density at radius 3 is 2.67 bits per heavy atom. The van der Waals surface area contributed by atoms with Crippen LogP contribution < -0.4 is 4.90 Å². The largest absolute Gasteiger partial charge is 0.354 e. The molecule has 0 amide bonds. The van der Waals surface area contributed by atoms with Crippen LogP contribution in [0.1, 0.15) is 24.6 Å². The Kier molecular flexibility index (Phi) is 4.24. The SMILES string of the molecule is Fc1ccc2c(c1)ncn2CCN1CCN(c2ccnc(C3CC3)n2)CC1. The van der Waals surface area contributed by atoms with E-state index in [4.69, 9.17) is 4.98 Å². The van der Waals surface area contributed by atoms with Gasteiger partial charge in [0.05, 0.1) is 17.4 Å². The van der Waals surface area contributed by atoms with Crippen molar-refractivity contribution in [3.8, 4) is 0 Å². The number of rotatable bonds is 5. The third kappa shape index (κ3) is 3.51. The van der Waals surface area contributed by atoms with Gasteiger partial charge in [-0.05, 0) is 31.0 Å². The van der Waals surface area contributed by atoms with Crippen LogP contribution in [0.15, 0.2) is 36.8 Å². The van der Waals surface area contributed by atoms with Gasteiger partial charge in [-0.15, -0.1) is 0 Å². The highest BCUT2D eigenvalue weighted by Gasteiger charge is 2.27. The van der Waals surface area contributed by atoms with Gasteiger partial charge >= 0.3 is 0 Å². The maximum atomic E-state index is 13.3. The van der Waals surface area contributed by atoms with Crippen molar-refractivity contribution in [2.45, 2.75) is 25.3 Å². The average molecular weight is 366 g/mol. The highest BCUT2D eigenvalue weighted by atomic mass is 19.1. The Bertz CT molecular complexity index is 943. The van der Waals surface area contributed by atoms with Crippen LogP contribution in [0.3, 0.4) is 0 Å². The molecule has 0 spiro atoms. The Hall–Kier alpha value is -2.54. The van der Waals surface area contributed by atoms with Crippen molar-refractivity contribution in [2.75, 3.05) is 37.6 Å². The lowest BCUT2D eigenvalue weighted by Gasteiger charge is -2.35. The maximum Gasteiger partial charge on any atom is 0.133 e. The molecule has 0 N–H and O–H groups in total. The van der Waals surface area contributed by atoms with Crippen LogP contribution in [0.25, 0.3) is 11.0 Å². The number of halogens is 1. The first-order valence-electron chi connectivity index (χ1n) is 9.67. The highest BCUT2D eigenvalue weighted by molar-refractivity contribution is 5.75. The molecule has 1 aliphatic carbocycles. The summed E-state index contributed by atoms with van der Waals surface area (Å²) in [5, 5.41) is 0. The van der Waals surface area contributed by atoms with Crippen molar-refractivity contribution >= 4 is 16.9 Å². The van der Waals surface area contributed by atoms with E-state index in [1.165, 1.54) is 25.0 Å². The fourth-order valence-electron chi connectivity index (χ4n) is 3.74. The summed E-state index contributed by atoms with van der Waals surface area (Å²) in [7, 11) is 0. The lowest BCUT2D eigenvalue weighted by atomic mass is 10.3. The molecule has 2 fully saturated rings. The molecule has 1 saturated carbocycles. The Morgan fingerprint density at radius 2 is 1.85 bits per heavy atom. The summed E-state index contributed by atoms with van der Waals surface area (Å²) >= 11 is 0. The third-order valence-electron chi connectivity index (χ3n) is 5.54. The topological polar surface area (TPSA) is 50.1 Å². The van der Waals surface area contributed by atoms with Gasteiger partial charge in [-0.2, -0.15) is 0 Å². The molecule has 5 rings (SSSR count). The van der Waals surface area contributed by atoms with Crippen LogP contribution in [0, 0.1) is 5.82 Å². The molecule has 3 heterocycles. The van der Waals surface area contributed by atoms with E-state index in [2.05, 4.69) is 24.3 Å². The molecule has 2 aromatic heterocycles. The number of nitrogens with zero attached hydrogens (tertiary/aromatic N) is 6. The van der Waals surface area contributed by atoms with Gasteiger partial charge in [0.2, 0.25) is 0 Å². The second-order valence-electron chi connectivity index (χ2n) is 7.45. The standard InChI is InChI=1S/C20H23FN6/c21-16-3-4-18-17(13-16)23-14-27(18)12-9-25-7-10-26(11-8-25)19-5-6-22-20(24-19)15-1-2-15/h3-6,13-15H,1-2,7-12H2. The molecule has 6 nitrogen and oxygen atoms in total. The Morgan fingerprint density at radius 1 is 1.00 bits per heavy atom. The van der Waals surface area contributed by atoms with Gasteiger partial charge in [0, 0.05) is 57.4 Å². The van der Waals surface area contributed by atoms with E-state index in [1.807, 2.05) is 18.3 Å². The van der Waals surface area contributed by atoms with E-state index in [1.54, 1.807) is 6.33 Å². The van der Waals surface area contributed by atoms with Crippen molar-refractivity contribution in [3.63, 3.8) is 0 Å². The van der Waals surface area contributed by atoms with Crippen LogP contribution in [0.5, 0.6) is 0 Å². The molecule has 7 heteroatoms. The van der Waals surface area contributed by atoms with E-state index >= 15 is 0 Å². The first kappa shape index (κ1) is 16.6. The van der Waals surface area contributed by atoms with Crippen molar-refractivity contribution in [1.82, 2.24) is 24.4 Å². The number of benzene rings is 1. The van der Waals surface area contributed by atoms with Crippen molar-refractivity contribution in [3.05, 3.63) is 48.4 Å². The number of piperazine rings is 1. The zero-order valence-corrected chi connectivity index (χ0v) is 15.3. The fourth-order valence-corrected chi connectivity index (χ4v) is 3.74. The number of fused-ring (bicyclic) bond motifs is 1. The quantitative estimate of drug-likeness (QED) is 0.695. The molecule has 0 bridgehead atoms. The summed E-state index contributed by atoms with van der Waals surface area (Å²) in [5.74, 6) is 2.43. The van der Waals surface area contributed by atoms with E-state index < -0.39 is 0 Å². The molecule has 0 radical (unpaired) electrons. The van der Waals surface area contributed by atoms with Crippen molar-refractivity contribution in [1.29, 1.82) is 0 Å². The first-order valence-corrected chi connectivity index (χ1v) is 9.67. The summed E-state index contributed by atoms with van der Waals surface area (Å²) in [5.41, 5.74) is 1.71. The summed E-state index contributed by atoms with van der Waals surface area (Å²) in [6.07, 6.45) is 6.16. The molecular weight excluding hydrogens is 343 g/mol. The summed E-state index contributed by atoms with van der Waals surface area (Å²) < 4.78 is 15.4. The Balaban J connectivity index is 1.18. The number of anilines is 1. The predicted molar refractivity (Wildman–Crippen MR) is 102 cm³/mol. The molecule has 3 aromatic rings.